The highest BCUT2D eigenvalue weighted by Crippen LogP contribution is 1.91. The summed E-state index contributed by atoms with van der Waals surface area (Å²) in [5.41, 5.74) is 5.03. The van der Waals surface area contributed by atoms with Crippen molar-refractivity contribution in [2.75, 3.05) is 6.54 Å². The van der Waals surface area contributed by atoms with Crippen molar-refractivity contribution >= 4 is 0 Å². The minimum atomic E-state index is -0.178. The Morgan fingerprint density at radius 2 is 1.67 bits per heavy atom. The molecule has 4 N–H and O–H groups in total. The van der Waals surface area contributed by atoms with E-state index in [0.29, 0.717) is 0 Å². The van der Waals surface area contributed by atoms with Crippen LogP contribution >= 0.6 is 0 Å². The quantitative estimate of drug-likeness (QED) is 0.684. The molecule has 0 saturated carbocycles. The fraction of sp³-hybridized carbons (Fsp3) is 0.333. The van der Waals surface area contributed by atoms with Gasteiger partial charge in [0.1, 0.15) is 5.82 Å². The van der Waals surface area contributed by atoms with E-state index < -0.39 is 0 Å². The molecular weight excluding hydrogens is 157 g/mol. The molecule has 0 amide bonds. The van der Waals surface area contributed by atoms with Crippen LogP contribution in [0.1, 0.15) is 13.3 Å². The van der Waals surface area contributed by atoms with Gasteiger partial charge in [-0.15, -0.1) is 0 Å². The van der Waals surface area contributed by atoms with Crippen LogP contribution in [0.5, 0.6) is 0 Å². The van der Waals surface area contributed by atoms with Gasteiger partial charge in [0.05, 0.1) is 0 Å². The molecule has 1 aromatic rings. The number of hydrogen-bond acceptors (Lipinski definition) is 1. The second kappa shape index (κ2) is 10.1. The van der Waals surface area contributed by atoms with Crippen molar-refractivity contribution in [1.82, 2.24) is 0 Å². The first-order valence-corrected chi connectivity index (χ1v) is 3.72. The van der Waals surface area contributed by atoms with Gasteiger partial charge in [-0.1, -0.05) is 25.1 Å². The van der Waals surface area contributed by atoms with Crippen molar-refractivity contribution in [2.24, 2.45) is 5.73 Å². The SMILES string of the molecule is CCCN.Fc1ccccc1.O. The Kier molecular flexibility index (Phi) is 11.5. The van der Waals surface area contributed by atoms with Crippen LogP contribution in [0, 0.1) is 5.82 Å². The fourth-order valence-electron chi connectivity index (χ4n) is 0.415. The third kappa shape index (κ3) is 9.07. The maximum Gasteiger partial charge on any atom is 0.123 e. The lowest BCUT2D eigenvalue weighted by molar-refractivity contribution is 0.628. The zero-order valence-corrected chi connectivity index (χ0v) is 7.26. The summed E-state index contributed by atoms with van der Waals surface area (Å²) >= 11 is 0. The molecule has 70 valence electrons. The fourth-order valence-corrected chi connectivity index (χ4v) is 0.415. The van der Waals surface area contributed by atoms with E-state index in [9.17, 15) is 4.39 Å². The van der Waals surface area contributed by atoms with Crippen LogP contribution < -0.4 is 5.73 Å². The highest BCUT2D eigenvalue weighted by atomic mass is 19.1. The third-order valence-electron chi connectivity index (χ3n) is 1.02. The van der Waals surface area contributed by atoms with E-state index in [4.69, 9.17) is 5.73 Å². The van der Waals surface area contributed by atoms with Crippen LogP contribution in [0.15, 0.2) is 30.3 Å². The Hall–Kier alpha value is -0.930. The monoisotopic (exact) mass is 173 g/mol. The van der Waals surface area contributed by atoms with E-state index in [1.54, 1.807) is 18.2 Å². The highest BCUT2D eigenvalue weighted by Gasteiger charge is 1.77. The molecule has 0 aliphatic heterocycles. The zero-order chi connectivity index (χ0) is 8.53. The van der Waals surface area contributed by atoms with Crippen LogP contribution in [0.3, 0.4) is 0 Å². The largest absolute Gasteiger partial charge is 0.412 e. The zero-order valence-electron chi connectivity index (χ0n) is 7.26. The van der Waals surface area contributed by atoms with Gasteiger partial charge < -0.3 is 11.2 Å². The summed E-state index contributed by atoms with van der Waals surface area (Å²) in [6.45, 7) is 2.88. The van der Waals surface area contributed by atoms with Crippen LogP contribution in [0.4, 0.5) is 4.39 Å². The summed E-state index contributed by atoms with van der Waals surface area (Å²) < 4.78 is 11.9. The predicted octanol–water partition coefficient (Wildman–Crippen LogP) is 1.36. The lowest BCUT2D eigenvalue weighted by atomic mass is 10.4. The number of hydrogen-bond donors (Lipinski definition) is 1. The van der Waals surface area contributed by atoms with Crippen molar-refractivity contribution in [3.8, 4) is 0 Å². The smallest absolute Gasteiger partial charge is 0.123 e. The molecule has 0 aromatic heterocycles. The van der Waals surface area contributed by atoms with Crippen molar-refractivity contribution < 1.29 is 9.87 Å². The highest BCUT2D eigenvalue weighted by molar-refractivity contribution is 5.02. The molecule has 1 rings (SSSR count). The first-order chi connectivity index (χ1) is 5.31. The summed E-state index contributed by atoms with van der Waals surface area (Å²) in [5.74, 6) is -0.178. The van der Waals surface area contributed by atoms with Crippen LogP contribution in [-0.4, -0.2) is 12.0 Å². The van der Waals surface area contributed by atoms with Gasteiger partial charge in [0.25, 0.3) is 0 Å². The Bertz CT molecular complexity index is 165. The summed E-state index contributed by atoms with van der Waals surface area (Å²) in [6, 6.07) is 7.94. The molecular formula is C9H16FNO. The standard InChI is InChI=1S/C6H5F.C3H9N.H2O/c7-6-4-2-1-3-5-6;1-2-3-4;/h1-5H;2-4H2,1H3;1H2. The molecule has 12 heavy (non-hydrogen) atoms. The molecule has 0 saturated heterocycles. The second-order valence-corrected chi connectivity index (χ2v) is 2.08. The van der Waals surface area contributed by atoms with E-state index in [1.165, 1.54) is 12.1 Å². The van der Waals surface area contributed by atoms with Gasteiger partial charge in [-0.2, -0.15) is 0 Å². The van der Waals surface area contributed by atoms with Gasteiger partial charge >= 0.3 is 0 Å². The predicted molar refractivity (Wildman–Crippen MR) is 49.4 cm³/mol. The molecule has 0 fully saturated rings. The normalized spacial score (nSPS) is 7.58. The number of halogens is 1. The van der Waals surface area contributed by atoms with Crippen LogP contribution in [-0.2, 0) is 0 Å². The lowest BCUT2D eigenvalue weighted by Crippen LogP contribution is -1.93. The Morgan fingerprint density at radius 3 is 1.83 bits per heavy atom. The second-order valence-electron chi connectivity index (χ2n) is 2.08. The molecule has 3 heteroatoms. The average Bonchev–Trinajstić information content (AvgIpc) is 2.07. The molecule has 0 spiro atoms. The average molecular weight is 173 g/mol. The molecule has 0 radical (unpaired) electrons. The van der Waals surface area contributed by atoms with Gasteiger partial charge in [0.15, 0.2) is 0 Å². The summed E-state index contributed by atoms with van der Waals surface area (Å²) in [4.78, 5) is 0. The van der Waals surface area contributed by atoms with E-state index in [1.807, 2.05) is 0 Å². The number of rotatable bonds is 1. The molecule has 2 nitrogen and oxygen atoms in total. The summed E-state index contributed by atoms with van der Waals surface area (Å²) in [5, 5.41) is 0. The van der Waals surface area contributed by atoms with Gasteiger partial charge in [0.2, 0.25) is 0 Å². The first-order valence-electron chi connectivity index (χ1n) is 3.72. The third-order valence-corrected chi connectivity index (χ3v) is 1.02. The lowest BCUT2D eigenvalue weighted by Gasteiger charge is -1.78. The van der Waals surface area contributed by atoms with Crippen molar-refractivity contribution in [2.45, 2.75) is 13.3 Å². The van der Waals surface area contributed by atoms with Gasteiger partial charge in [-0.3, -0.25) is 0 Å². The minimum Gasteiger partial charge on any atom is -0.412 e. The molecule has 0 unspecified atom stereocenters. The molecule has 0 atom stereocenters. The molecule has 0 heterocycles. The number of benzene rings is 1. The maximum absolute atomic E-state index is 11.9. The molecule has 0 bridgehead atoms. The van der Waals surface area contributed by atoms with Gasteiger partial charge in [-0.25, -0.2) is 4.39 Å². The summed E-state index contributed by atoms with van der Waals surface area (Å²) in [6.07, 6.45) is 1.10. The van der Waals surface area contributed by atoms with Gasteiger partial charge in [-0.05, 0) is 25.1 Å². The van der Waals surface area contributed by atoms with Crippen molar-refractivity contribution in [3.05, 3.63) is 36.1 Å². The van der Waals surface area contributed by atoms with Crippen molar-refractivity contribution in [3.63, 3.8) is 0 Å². The Balaban J connectivity index is 0. The Labute approximate surface area is 72.5 Å². The summed E-state index contributed by atoms with van der Waals surface area (Å²) in [7, 11) is 0. The number of nitrogens with two attached hydrogens (primary N) is 1. The van der Waals surface area contributed by atoms with E-state index in [-0.39, 0.29) is 11.3 Å². The first kappa shape index (κ1) is 13.6. The van der Waals surface area contributed by atoms with E-state index in [0.717, 1.165) is 13.0 Å². The van der Waals surface area contributed by atoms with Crippen molar-refractivity contribution in [1.29, 1.82) is 0 Å². The molecule has 0 aliphatic carbocycles. The Morgan fingerprint density at radius 1 is 1.25 bits per heavy atom. The van der Waals surface area contributed by atoms with Crippen LogP contribution in [0.2, 0.25) is 0 Å². The molecule has 1 aromatic carbocycles. The molecule has 0 aliphatic rings. The van der Waals surface area contributed by atoms with Gasteiger partial charge in [0, 0.05) is 0 Å². The van der Waals surface area contributed by atoms with Crippen LogP contribution in [0.25, 0.3) is 0 Å². The van der Waals surface area contributed by atoms with E-state index >= 15 is 0 Å². The maximum atomic E-state index is 11.9. The topological polar surface area (TPSA) is 57.5 Å². The van der Waals surface area contributed by atoms with E-state index in [2.05, 4.69) is 6.92 Å². The minimum absolute atomic E-state index is 0.